The van der Waals surface area contributed by atoms with Crippen molar-refractivity contribution in [2.24, 2.45) is 11.3 Å². The number of ether oxygens (including phenoxy) is 3. The van der Waals surface area contributed by atoms with Crippen LogP contribution in [-0.4, -0.2) is 72.3 Å². The van der Waals surface area contributed by atoms with Gasteiger partial charge in [0.2, 0.25) is 17.7 Å². The summed E-state index contributed by atoms with van der Waals surface area (Å²) in [6.07, 6.45) is 1.09. The molecular formula is C45H56N4O8. The molecule has 0 radical (unpaired) electrons. The fourth-order valence-corrected chi connectivity index (χ4v) is 8.42. The lowest BCUT2D eigenvalue weighted by Crippen LogP contribution is -2.79. The number of hydrogen-bond donors (Lipinski definition) is 4. The van der Waals surface area contributed by atoms with Crippen LogP contribution >= 0.6 is 0 Å². The normalized spacial score (nSPS) is 20.6. The second-order valence-corrected chi connectivity index (χ2v) is 17.3. The highest BCUT2D eigenvalue weighted by Crippen LogP contribution is 2.67. The number of hydrogen-bond acceptors (Lipinski definition) is 8. The molecule has 0 unspecified atom stereocenters. The minimum absolute atomic E-state index is 0.103. The third-order valence-electron chi connectivity index (χ3n) is 11.0. The van der Waals surface area contributed by atoms with E-state index in [1.54, 1.807) is 13.8 Å². The van der Waals surface area contributed by atoms with Crippen LogP contribution in [0.4, 0.5) is 4.79 Å². The molecule has 0 spiro atoms. The fourth-order valence-electron chi connectivity index (χ4n) is 8.42. The molecule has 3 saturated carbocycles. The highest BCUT2D eigenvalue weighted by Gasteiger charge is 2.72. The van der Waals surface area contributed by atoms with Crippen LogP contribution < -0.4 is 26.0 Å². The standard InChI is InChI=1S/C45H56N4O8/c1-8-55-40(52)37(21-27(2)3)47-39(51)36(22-29-17-19-30(20-18-29)57-43(5,6)7)48-41(53)44-24-45(25-44,26-44)49-38(50)28(4)46-42(54)56-23-35-33-15-11-9-13-31(33)32-14-10-12-16-34(32)35/h9-20,27-28,35-37H,8,21-26H2,1-7H3,(H,46,54)(H,47,51)(H,48,53)(H,49,50)/t28-,36-,37-,44?,45?/m0/s1. The minimum Gasteiger partial charge on any atom is -0.488 e. The molecule has 3 fully saturated rings. The Labute approximate surface area is 335 Å². The van der Waals surface area contributed by atoms with Gasteiger partial charge in [-0.15, -0.1) is 0 Å². The molecule has 3 atom stereocenters. The maximum absolute atomic E-state index is 13.9. The smallest absolute Gasteiger partial charge is 0.407 e. The van der Waals surface area contributed by atoms with Crippen LogP contribution in [-0.2, 0) is 35.1 Å². The van der Waals surface area contributed by atoms with Crippen LogP contribution in [0.5, 0.6) is 5.75 Å². The first-order valence-electron chi connectivity index (χ1n) is 20.0. The molecule has 304 valence electrons. The molecule has 2 bridgehead atoms. The van der Waals surface area contributed by atoms with Gasteiger partial charge in [-0.3, -0.25) is 14.4 Å². The van der Waals surface area contributed by atoms with Gasteiger partial charge in [0.1, 0.15) is 36.1 Å². The van der Waals surface area contributed by atoms with E-state index >= 15 is 0 Å². The van der Waals surface area contributed by atoms with Gasteiger partial charge in [-0.2, -0.15) is 0 Å². The van der Waals surface area contributed by atoms with Crippen molar-refractivity contribution in [1.82, 2.24) is 21.3 Å². The van der Waals surface area contributed by atoms with E-state index in [1.807, 2.05) is 95.3 Å². The van der Waals surface area contributed by atoms with Crippen LogP contribution in [0.2, 0.25) is 0 Å². The molecule has 0 aromatic heterocycles. The van der Waals surface area contributed by atoms with E-state index in [0.29, 0.717) is 31.4 Å². The van der Waals surface area contributed by atoms with Gasteiger partial charge in [0, 0.05) is 17.9 Å². The number of nitrogens with one attached hydrogen (secondary N) is 4. The first-order chi connectivity index (χ1) is 27.0. The molecular weight excluding hydrogens is 725 g/mol. The van der Waals surface area contributed by atoms with Crippen LogP contribution in [0.15, 0.2) is 72.8 Å². The van der Waals surface area contributed by atoms with Crippen molar-refractivity contribution in [1.29, 1.82) is 0 Å². The monoisotopic (exact) mass is 780 g/mol. The van der Waals surface area contributed by atoms with Gasteiger partial charge in [0.25, 0.3) is 0 Å². The number of carbonyl (C=O) groups is 5. The number of carbonyl (C=O) groups excluding carboxylic acids is 5. The number of benzene rings is 3. The largest absolute Gasteiger partial charge is 0.488 e. The number of rotatable bonds is 16. The van der Waals surface area contributed by atoms with Crippen LogP contribution in [0.1, 0.15) is 96.8 Å². The Bertz CT molecular complexity index is 1920. The molecule has 0 saturated heterocycles. The van der Waals surface area contributed by atoms with Gasteiger partial charge in [0.15, 0.2) is 0 Å². The molecule has 12 nitrogen and oxygen atoms in total. The lowest BCUT2D eigenvalue weighted by molar-refractivity contribution is -0.184. The van der Waals surface area contributed by atoms with Crippen molar-refractivity contribution < 1.29 is 38.2 Å². The maximum Gasteiger partial charge on any atom is 0.407 e. The van der Waals surface area contributed by atoms with Crippen molar-refractivity contribution in [3.63, 3.8) is 0 Å². The first-order valence-corrected chi connectivity index (χ1v) is 20.0. The number of fused-ring (bicyclic) bond motifs is 3. The summed E-state index contributed by atoms with van der Waals surface area (Å²) in [5, 5.41) is 11.5. The summed E-state index contributed by atoms with van der Waals surface area (Å²) in [6, 6.07) is 20.8. The Kier molecular flexibility index (Phi) is 12.0. The van der Waals surface area contributed by atoms with Gasteiger partial charge in [-0.1, -0.05) is 74.5 Å². The van der Waals surface area contributed by atoms with Gasteiger partial charge in [-0.05, 0) is 106 Å². The van der Waals surface area contributed by atoms with E-state index in [9.17, 15) is 24.0 Å². The summed E-state index contributed by atoms with van der Waals surface area (Å²) in [4.78, 5) is 66.6. The molecule has 57 heavy (non-hydrogen) atoms. The summed E-state index contributed by atoms with van der Waals surface area (Å²) < 4.78 is 16.8. The third-order valence-corrected chi connectivity index (χ3v) is 11.0. The lowest BCUT2D eigenvalue weighted by Gasteiger charge is -2.69. The van der Waals surface area contributed by atoms with Gasteiger partial charge in [0.05, 0.1) is 12.0 Å². The second-order valence-electron chi connectivity index (χ2n) is 17.3. The van der Waals surface area contributed by atoms with E-state index in [4.69, 9.17) is 14.2 Å². The predicted octanol–water partition coefficient (Wildman–Crippen LogP) is 5.95. The minimum atomic E-state index is -0.975. The first kappa shape index (κ1) is 41.2. The third kappa shape index (κ3) is 9.43. The Balaban J connectivity index is 1.03. The van der Waals surface area contributed by atoms with Crippen LogP contribution in [0.25, 0.3) is 11.1 Å². The number of alkyl carbamates (subject to hydrolysis) is 1. The van der Waals surface area contributed by atoms with Gasteiger partial charge in [-0.25, -0.2) is 9.59 Å². The zero-order valence-electron chi connectivity index (χ0n) is 34.0. The SMILES string of the molecule is CCOC(=O)[C@H](CC(C)C)NC(=O)[C@H](Cc1ccc(OC(C)(C)C)cc1)NC(=O)C12CC(NC(=O)[C@H](C)NC(=O)OCC3c4ccccc4-c4ccccc43)(C1)C2. The highest BCUT2D eigenvalue weighted by molar-refractivity contribution is 5.95. The molecule has 4 aliphatic carbocycles. The van der Waals surface area contributed by atoms with Crippen molar-refractivity contribution in [2.45, 2.75) is 116 Å². The Morgan fingerprint density at radius 3 is 1.91 bits per heavy atom. The van der Waals surface area contributed by atoms with Gasteiger partial charge >= 0.3 is 12.1 Å². The summed E-state index contributed by atoms with van der Waals surface area (Å²) >= 11 is 0. The topological polar surface area (TPSA) is 161 Å². The number of amides is 4. The highest BCUT2D eigenvalue weighted by atomic mass is 16.5. The Morgan fingerprint density at radius 2 is 1.35 bits per heavy atom. The maximum atomic E-state index is 13.9. The molecule has 3 aromatic rings. The molecule has 7 rings (SSSR count). The second kappa shape index (κ2) is 16.6. The van der Waals surface area contributed by atoms with Crippen molar-refractivity contribution in [3.05, 3.63) is 89.5 Å². The predicted molar refractivity (Wildman–Crippen MR) is 215 cm³/mol. The number of esters is 1. The van der Waals surface area contributed by atoms with Crippen molar-refractivity contribution >= 4 is 29.8 Å². The lowest BCUT2D eigenvalue weighted by atomic mass is 9.39. The fraction of sp³-hybridized carbons (Fsp3) is 0.489. The summed E-state index contributed by atoms with van der Waals surface area (Å²) in [6.45, 7) is 13.4. The van der Waals surface area contributed by atoms with E-state index in [2.05, 4.69) is 33.4 Å². The Hall–Kier alpha value is -5.39. The summed E-state index contributed by atoms with van der Waals surface area (Å²) in [7, 11) is 0. The van der Waals surface area contributed by atoms with Gasteiger partial charge < -0.3 is 35.5 Å². The van der Waals surface area contributed by atoms with Crippen molar-refractivity contribution in [2.75, 3.05) is 13.2 Å². The molecule has 4 N–H and O–H groups in total. The summed E-state index contributed by atoms with van der Waals surface area (Å²) in [5.74, 6) is -0.982. The van der Waals surface area contributed by atoms with E-state index in [0.717, 1.165) is 27.8 Å². The zero-order valence-corrected chi connectivity index (χ0v) is 34.0. The van der Waals surface area contributed by atoms with Crippen molar-refractivity contribution in [3.8, 4) is 16.9 Å². The average molecular weight is 781 g/mol. The van der Waals surface area contributed by atoms with E-state index in [-0.39, 0.29) is 48.9 Å². The van der Waals surface area contributed by atoms with E-state index < -0.39 is 47.0 Å². The Morgan fingerprint density at radius 1 is 0.754 bits per heavy atom. The zero-order chi connectivity index (χ0) is 41.1. The quantitative estimate of drug-likeness (QED) is 0.130. The average Bonchev–Trinajstić information content (AvgIpc) is 3.44. The molecule has 3 aromatic carbocycles. The van der Waals surface area contributed by atoms with E-state index in [1.165, 1.54) is 0 Å². The molecule has 4 aliphatic rings. The molecule has 0 heterocycles. The molecule has 0 aliphatic heterocycles. The summed E-state index contributed by atoms with van der Waals surface area (Å²) in [5.41, 5.74) is 3.55. The van der Waals surface area contributed by atoms with Crippen LogP contribution in [0.3, 0.4) is 0 Å². The van der Waals surface area contributed by atoms with Crippen LogP contribution in [0, 0.1) is 11.3 Å². The molecule has 12 heteroatoms. The molecule has 4 amide bonds.